The summed E-state index contributed by atoms with van der Waals surface area (Å²) in [7, 11) is 0. The quantitative estimate of drug-likeness (QED) is 0.778. The highest BCUT2D eigenvalue weighted by Crippen LogP contribution is 2.29. The Kier molecular flexibility index (Phi) is 4.59. The first-order chi connectivity index (χ1) is 7.71. The zero-order valence-corrected chi connectivity index (χ0v) is 11.9. The number of carbonyl (C=O) groups excluding carboxylic acids is 1. The first kappa shape index (κ1) is 14.5. The van der Waals surface area contributed by atoms with Gasteiger partial charge >= 0.3 is 0 Å². The minimum Gasteiger partial charge on any atom is -0.352 e. The average Bonchev–Trinajstić information content (AvgIpc) is 2.21. The molecule has 3 N–H and O–H groups in total. The molecule has 4 unspecified atom stereocenters. The molecule has 0 aromatic rings. The van der Waals surface area contributed by atoms with Gasteiger partial charge in [0.2, 0.25) is 5.91 Å². The second-order valence-corrected chi connectivity index (χ2v) is 6.82. The molecule has 0 aromatic carbocycles. The van der Waals surface area contributed by atoms with Gasteiger partial charge in [0, 0.05) is 6.04 Å². The molecule has 0 radical (unpaired) electrons. The normalized spacial score (nSPS) is 32.0. The average molecular weight is 240 g/mol. The van der Waals surface area contributed by atoms with Crippen LogP contribution in [0.1, 0.15) is 53.9 Å². The topological polar surface area (TPSA) is 55.1 Å². The lowest BCUT2D eigenvalue weighted by molar-refractivity contribution is -0.125. The van der Waals surface area contributed by atoms with E-state index >= 15 is 0 Å². The molecule has 3 nitrogen and oxygen atoms in total. The highest BCUT2D eigenvalue weighted by Gasteiger charge is 2.31. The van der Waals surface area contributed by atoms with Crippen LogP contribution in [0.5, 0.6) is 0 Å². The molecule has 1 aliphatic rings. The number of hydrogen-bond donors (Lipinski definition) is 2. The lowest BCUT2D eigenvalue weighted by Crippen LogP contribution is -2.52. The number of hydrogen-bond acceptors (Lipinski definition) is 2. The molecule has 1 fully saturated rings. The SMILES string of the molecule is CC1CCC(NC(=O)C(N)C(C)(C)C)CC1C. The third-order valence-electron chi connectivity index (χ3n) is 4.16. The molecule has 0 aliphatic heterocycles. The molecular formula is C14H28N2O. The smallest absolute Gasteiger partial charge is 0.237 e. The molecule has 100 valence electrons. The number of carbonyl (C=O) groups is 1. The van der Waals surface area contributed by atoms with E-state index in [0.717, 1.165) is 18.8 Å². The van der Waals surface area contributed by atoms with Gasteiger partial charge in [0.05, 0.1) is 6.04 Å². The molecule has 4 atom stereocenters. The highest BCUT2D eigenvalue weighted by molar-refractivity contribution is 5.82. The first-order valence-electron chi connectivity index (χ1n) is 6.77. The standard InChI is InChI=1S/C14H28N2O/c1-9-6-7-11(8-10(9)2)16-13(17)12(15)14(3,4)5/h9-12H,6-8,15H2,1-5H3,(H,16,17). The molecule has 17 heavy (non-hydrogen) atoms. The van der Waals surface area contributed by atoms with Crippen LogP contribution in [0.4, 0.5) is 0 Å². The van der Waals surface area contributed by atoms with Crippen LogP contribution in [0.3, 0.4) is 0 Å². The Hall–Kier alpha value is -0.570. The van der Waals surface area contributed by atoms with Crippen LogP contribution in [-0.4, -0.2) is 18.0 Å². The van der Waals surface area contributed by atoms with Crippen LogP contribution >= 0.6 is 0 Å². The summed E-state index contributed by atoms with van der Waals surface area (Å²) in [6.45, 7) is 10.6. The van der Waals surface area contributed by atoms with Crippen molar-refractivity contribution < 1.29 is 4.79 Å². The summed E-state index contributed by atoms with van der Waals surface area (Å²) in [5.41, 5.74) is 5.79. The van der Waals surface area contributed by atoms with Gasteiger partial charge in [-0.2, -0.15) is 0 Å². The molecule has 0 bridgehead atoms. The summed E-state index contributed by atoms with van der Waals surface area (Å²) >= 11 is 0. The van der Waals surface area contributed by atoms with Gasteiger partial charge in [-0.1, -0.05) is 34.6 Å². The predicted octanol–water partition coefficient (Wildman–Crippen LogP) is 2.30. The van der Waals surface area contributed by atoms with Crippen molar-refractivity contribution in [2.24, 2.45) is 23.0 Å². The molecular weight excluding hydrogens is 212 g/mol. The monoisotopic (exact) mass is 240 g/mol. The minimum absolute atomic E-state index is 0.00394. The fraction of sp³-hybridized carbons (Fsp3) is 0.929. The molecule has 0 saturated heterocycles. The summed E-state index contributed by atoms with van der Waals surface area (Å²) in [4.78, 5) is 12.0. The lowest BCUT2D eigenvalue weighted by Gasteiger charge is -2.34. The second-order valence-electron chi connectivity index (χ2n) is 6.82. The van der Waals surface area contributed by atoms with Gasteiger partial charge in [-0.3, -0.25) is 4.79 Å². The summed E-state index contributed by atoms with van der Waals surface area (Å²) in [6, 6.07) is -0.0979. The largest absolute Gasteiger partial charge is 0.352 e. The van der Waals surface area contributed by atoms with E-state index in [1.807, 2.05) is 20.8 Å². The van der Waals surface area contributed by atoms with Crippen LogP contribution in [0.2, 0.25) is 0 Å². The van der Waals surface area contributed by atoms with Gasteiger partial charge in [0.1, 0.15) is 0 Å². The second kappa shape index (κ2) is 5.38. The summed E-state index contributed by atoms with van der Waals surface area (Å²) in [5, 5.41) is 3.11. The summed E-state index contributed by atoms with van der Waals surface area (Å²) in [5.74, 6) is 1.48. The Balaban J connectivity index is 2.47. The maximum Gasteiger partial charge on any atom is 0.237 e. The van der Waals surface area contributed by atoms with Crippen molar-refractivity contribution in [2.45, 2.75) is 66.0 Å². The third-order valence-corrected chi connectivity index (χ3v) is 4.16. The van der Waals surface area contributed by atoms with Crippen LogP contribution in [-0.2, 0) is 4.79 Å². The maximum absolute atomic E-state index is 12.0. The molecule has 1 saturated carbocycles. The fourth-order valence-electron chi connectivity index (χ4n) is 2.36. The van der Waals surface area contributed by atoms with Gasteiger partial charge in [-0.05, 0) is 36.5 Å². The van der Waals surface area contributed by atoms with Gasteiger partial charge < -0.3 is 11.1 Å². The van der Waals surface area contributed by atoms with Crippen molar-refractivity contribution in [1.29, 1.82) is 0 Å². The number of amides is 1. The molecule has 1 rings (SSSR count). The summed E-state index contributed by atoms with van der Waals surface area (Å²) in [6.07, 6.45) is 3.38. The Bertz CT molecular complexity index is 270. The van der Waals surface area contributed by atoms with Crippen molar-refractivity contribution in [3.8, 4) is 0 Å². The number of nitrogens with two attached hydrogens (primary N) is 1. The Labute approximate surface area is 106 Å². The molecule has 0 heterocycles. The zero-order chi connectivity index (χ0) is 13.2. The lowest BCUT2D eigenvalue weighted by atomic mass is 9.79. The van der Waals surface area contributed by atoms with Crippen LogP contribution in [0.15, 0.2) is 0 Å². The van der Waals surface area contributed by atoms with E-state index < -0.39 is 6.04 Å². The van der Waals surface area contributed by atoms with Crippen LogP contribution < -0.4 is 11.1 Å². The molecule has 1 aliphatic carbocycles. The van der Waals surface area contributed by atoms with Crippen molar-refractivity contribution >= 4 is 5.91 Å². The van der Waals surface area contributed by atoms with Crippen LogP contribution in [0.25, 0.3) is 0 Å². The van der Waals surface area contributed by atoms with Gasteiger partial charge in [-0.25, -0.2) is 0 Å². The van der Waals surface area contributed by atoms with E-state index in [1.165, 1.54) is 6.42 Å². The van der Waals surface area contributed by atoms with Gasteiger partial charge in [0.15, 0.2) is 0 Å². The van der Waals surface area contributed by atoms with Crippen molar-refractivity contribution in [1.82, 2.24) is 5.32 Å². The highest BCUT2D eigenvalue weighted by atomic mass is 16.2. The van der Waals surface area contributed by atoms with E-state index in [1.54, 1.807) is 0 Å². The van der Waals surface area contributed by atoms with Gasteiger partial charge in [-0.15, -0.1) is 0 Å². The molecule has 1 amide bonds. The maximum atomic E-state index is 12.0. The molecule has 3 heteroatoms. The first-order valence-corrected chi connectivity index (χ1v) is 6.77. The third kappa shape index (κ3) is 3.98. The van der Waals surface area contributed by atoms with Gasteiger partial charge in [0.25, 0.3) is 0 Å². The zero-order valence-electron chi connectivity index (χ0n) is 11.9. The van der Waals surface area contributed by atoms with Crippen molar-refractivity contribution in [3.63, 3.8) is 0 Å². The molecule has 0 aromatic heterocycles. The summed E-state index contributed by atoms with van der Waals surface area (Å²) < 4.78 is 0. The van der Waals surface area contributed by atoms with Crippen molar-refractivity contribution in [2.75, 3.05) is 0 Å². The predicted molar refractivity (Wildman–Crippen MR) is 71.5 cm³/mol. The van der Waals surface area contributed by atoms with E-state index in [9.17, 15) is 4.79 Å². The minimum atomic E-state index is -0.419. The number of rotatable bonds is 2. The van der Waals surface area contributed by atoms with Crippen molar-refractivity contribution in [3.05, 3.63) is 0 Å². The molecule has 0 spiro atoms. The fourth-order valence-corrected chi connectivity index (χ4v) is 2.36. The Morgan fingerprint density at radius 3 is 2.29 bits per heavy atom. The van der Waals surface area contributed by atoms with E-state index in [-0.39, 0.29) is 11.3 Å². The van der Waals surface area contributed by atoms with E-state index in [0.29, 0.717) is 12.0 Å². The van der Waals surface area contributed by atoms with E-state index in [2.05, 4.69) is 19.2 Å². The van der Waals surface area contributed by atoms with Crippen LogP contribution in [0, 0.1) is 17.3 Å². The Morgan fingerprint density at radius 2 is 1.82 bits per heavy atom. The Morgan fingerprint density at radius 1 is 1.24 bits per heavy atom. The van der Waals surface area contributed by atoms with E-state index in [4.69, 9.17) is 5.73 Å². The number of nitrogens with one attached hydrogen (secondary N) is 1.